The first-order chi connectivity index (χ1) is 11.9. The Hall–Kier alpha value is -1.35. The van der Waals surface area contributed by atoms with Crippen molar-refractivity contribution in [3.8, 4) is 0 Å². The van der Waals surface area contributed by atoms with Gasteiger partial charge < -0.3 is 15.5 Å². The Labute approximate surface area is 151 Å². The molecule has 0 bridgehead atoms. The summed E-state index contributed by atoms with van der Waals surface area (Å²) in [6.45, 7) is 4.03. The van der Waals surface area contributed by atoms with Crippen LogP contribution in [0.15, 0.2) is 18.2 Å². The van der Waals surface area contributed by atoms with Crippen LogP contribution in [0.3, 0.4) is 0 Å². The fourth-order valence-corrected chi connectivity index (χ4v) is 4.21. The van der Waals surface area contributed by atoms with Crippen LogP contribution in [-0.4, -0.2) is 50.1 Å². The van der Waals surface area contributed by atoms with Crippen LogP contribution in [0.1, 0.15) is 15.2 Å². The number of benzene rings is 1. The number of amides is 1. The van der Waals surface area contributed by atoms with Gasteiger partial charge in [0.1, 0.15) is 4.88 Å². The van der Waals surface area contributed by atoms with Gasteiger partial charge >= 0.3 is 6.18 Å². The average Bonchev–Trinajstić information content (AvgIpc) is 2.96. The minimum Gasteiger partial charge on any atom is -0.335 e. The van der Waals surface area contributed by atoms with Gasteiger partial charge in [0.05, 0.1) is 10.6 Å². The summed E-state index contributed by atoms with van der Waals surface area (Å²) in [5, 5.41) is 7.13. The summed E-state index contributed by atoms with van der Waals surface area (Å²) >= 11 is 7.30. The predicted octanol–water partition coefficient (Wildman–Crippen LogP) is 3.21. The van der Waals surface area contributed by atoms with Crippen molar-refractivity contribution < 1.29 is 18.0 Å². The van der Waals surface area contributed by atoms with Gasteiger partial charge in [0.2, 0.25) is 0 Å². The van der Waals surface area contributed by atoms with Gasteiger partial charge in [-0.2, -0.15) is 13.2 Å². The number of fused-ring (bicyclic) bond motifs is 1. The lowest BCUT2D eigenvalue weighted by atomic mass is 10.1. The summed E-state index contributed by atoms with van der Waals surface area (Å²) in [6, 6.07) is 3.36. The molecule has 25 heavy (non-hydrogen) atoms. The molecule has 4 nitrogen and oxygen atoms in total. The number of carbonyl (C=O) groups excluding carboxylic acids is 1. The molecule has 2 N–H and O–H groups in total. The van der Waals surface area contributed by atoms with E-state index in [0.29, 0.717) is 36.3 Å². The Bertz CT molecular complexity index is 768. The van der Waals surface area contributed by atoms with Crippen LogP contribution < -0.4 is 10.6 Å². The fraction of sp³-hybridized carbons (Fsp3) is 0.438. The normalized spacial score (nSPS) is 17.2. The summed E-state index contributed by atoms with van der Waals surface area (Å²) in [5.41, 5.74) is -0.743. The van der Waals surface area contributed by atoms with Gasteiger partial charge in [-0.15, -0.1) is 11.3 Å². The second kappa shape index (κ2) is 7.49. The molecular formula is C16H17ClF3N3OS. The molecule has 0 atom stereocenters. The monoisotopic (exact) mass is 391 g/mol. The van der Waals surface area contributed by atoms with Crippen LogP contribution in [0.5, 0.6) is 0 Å². The number of carbonyl (C=O) groups is 1. The highest BCUT2D eigenvalue weighted by molar-refractivity contribution is 7.21. The third kappa shape index (κ3) is 4.08. The molecule has 0 aliphatic carbocycles. The second-order valence-electron chi connectivity index (χ2n) is 5.75. The lowest BCUT2D eigenvalue weighted by molar-refractivity contribution is -0.137. The van der Waals surface area contributed by atoms with E-state index < -0.39 is 11.7 Å². The lowest BCUT2D eigenvalue weighted by Gasteiger charge is -2.21. The molecule has 1 fully saturated rings. The van der Waals surface area contributed by atoms with Gasteiger partial charge in [-0.05, 0) is 12.1 Å². The van der Waals surface area contributed by atoms with Crippen molar-refractivity contribution in [1.82, 2.24) is 15.5 Å². The number of nitrogens with zero attached hydrogens (tertiary/aromatic N) is 1. The van der Waals surface area contributed by atoms with Crippen LogP contribution in [0, 0.1) is 0 Å². The van der Waals surface area contributed by atoms with Crippen LogP contribution >= 0.6 is 22.9 Å². The first-order valence-corrected chi connectivity index (χ1v) is 9.07. The molecule has 1 aliphatic rings. The predicted molar refractivity (Wildman–Crippen MR) is 93.5 cm³/mol. The second-order valence-corrected chi connectivity index (χ2v) is 7.18. The summed E-state index contributed by atoms with van der Waals surface area (Å²) in [7, 11) is 0. The zero-order valence-electron chi connectivity index (χ0n) is 13.3. The van der Waals surface area contributed by atoms with E-state index in [4.69, 9.17) is 11.6 Å². The van der Waals surface area contributed by atoms with E-state index in [9.17, 15) is 18.0 Å². The molecule has 0 radical (unpaired) electrons. The van der Waals surface area contributed by atoms with Crippen molar-refractivity contribution in [2.75, 3.05) is 39.3 Å². The van der Waals surface area contributed by atoms with Crippen molar-refractivity contribution in [2.24, 2.45) is 0 Å². The van der Waals surface area contributed by atoms with E-state index in [1.165, 1.54) is 6.07 Å². The van der Waals surface area contributed by atoms with Crippen LogP contribution in [-0.2, 0) is 6.18 Å². The summed E-state index contributed by atoms with van der Waals surface area (Å²) in [6.07, 6.45) is -4.42. The number of thiophene rings is 1. The molecule has 1 saturated heterocycles. The molecule has 0 saturated carbocycles. The summed E-state index contributed by atoms with van der Waals surface area (Å²) in [5.74, 6) is -0.245. The quantitative estimate of drug-likeness (QED) is 0.784. The number of alkyl halides is 3. The first kappa shape index (κ1) is 18.4. The van der Waals surface area contributed by atoms with Crippen LogP contribution in [0.2, 0.25) is 5.02 Å². The number of halogens is 4. The Balaban J connectivity index is 1.91. The van der Waals surface area contributed by atoms with Crippen LogP contribution in [0.25, 0.3) is 10.1 Å². The SMILES string of the molecule is O=C(c1sc2cc(C(F)(F)F)ccc2c1Cl)N1CCNCCNCC1. The van der Waals surface area contributed by atoms with E-state index in [1.807, 2.05) is 0 Å². The van der Waals surface area contributed by atoms with Gasteiger partial charge in [-0.25, -0.2) is 0 Å². The van der Waals surface area contributed by atoms with E-state index in [1.54, 1.807) is 4.90 Å². The molecule has 9 heteroatoms. The fourth-order valence-electron chi connectivity index (χ4n) is 2.69. The molecule has 1 aromatic carbocycles. The molecule has 0 spiro atoms. The molecule has 0 unspecified atom stereocenters. The lowest BCUT2D eigenvalue weighted by Crippen LogP contribution is -2.38. The summed E-state index contributed by atoms with van der Waals surface area (Å²) in [4.78, 5) is 14.8. The molecular weight excluding hydrogens is 375 g/mol. The molecule has 1 amide bonds. The number of nitrogens with one attached hydrogen (secondary N) is 2. The maximum atomic E-state index is 12.9. The number of hydrogen-bond acceptors (Lipinski definition) is 4. The smallest absolute Gasteiger partial charge is 0.335 e. The number of rotatable bonds is 1. The van der Waals surface area contributed by atoms with E-state index in [0.717, 1.165) is 36.6 Å². The van der Waals surface area contributed by atoms with Crippen molar-refractivity contribution in [1.29, 1.82) is 0 Å². The van der Waals surface area contributed by atoms with Crippen molar-refractivity contribution >= 4 is 38.9 Å². The standard InChI is InChI=1S/C16H17ClF3N3OS/c17-13-11-2-1-10(16(18,19)20)9-12(11)25-14(13)15(24)23-7-5-21-3-4-22-6-8-23/h1-2,9,21-22H,3-8H2. The molecule has 136 valence electrons. The van der Waals surface area contributed by atoms with E-state index in [-0.39, 0.29) is 15.8 Å². The maximum Gasteiger partial charge on any atom is 0.416 e. The van der Waals surface area contributed by atoms with Gasteiger partial charge in [-0.3, -0.25) is 4.79 Å². The van der Waals surface area contributed by atoms with E-state index >= 15 is 0 Å². The van der Waals surface area contributed by atoms with E-state index in [2.05, 4.69) is 10.6 Å². The molecule has 2 aromatic rings. The molecule has 3 rings (SSSR count). The Kier molecular flexibility index (Phi) is 5.52. The highest BCUT2D eigenvalue weighted by atomic mass is 35.5. The average molecular weight is 392 g/mol. The van der Waals surface area contributed by atoms with Gasteiger partial charge in [0.25, 0.3) is 5.91 Å². The van der Waals surface area contributed by atoms with Crippen LogP contribution in [0.4, 0.5) is 13.2 Å². The molecule has 1 aromatic heterocycles. The van der Waals surface area contributed by atoms with Gasteiger partial charge in [-0.1, -0.05) is 17.7 Å². The Morgan fingerprint density at radius 1 is 1.12 bits per heavy atom. The van der Waals surface area contributed by atoms with Crippen molar-refractivity contribution in [3.63, 3.8) is 0 Å². The first-order valence-electron chi connectivity index (χ1n) is 7.88. The van der Waals surface area contributed by atoms with Gasteiger partial charge in [0.15, 0.2) is 0 Å². The van der Waals surface area contributed by atoms with Crippen molar-refractivity contribution in [3.05, 3.63) is 33.7 Å². The third-order valence-corrected chi connectivity index (χ3v) is 5.68. The molecule has 1 aliphatic heterocycles. The third-order valence-electron chi connectivity index (χ3n) is 4.03. The topological polar surface area (TPSA) is 44.4 Å². The largest absolute Gasteiger partial charge is 0.416 e. The maximum absolute atomic E-state index is 12.9. The zero-order chi connectivity index (χ0) is 18.0. The molecule has 2 heterocycles. The van der Waals surface area contributed by atoms with Crippen molar-refractivity contribution in [2.45, 2.75) is 6.18 Å². The minimum atomic E-state index is -4.42. The zero-order valence-corrected chi connectivity index (χ0v) is 14.8. The highest BCUT2D eigenvalue weighted by Gasteiger charge is 2.31. The Morgan fingerprint density at radius 3 is 2.36 bits per heavy atom. The summed E-state index contributed by atoms with van der Waals surface area (Å²) < 4.78 is 39.0. The Morgan fingerprint density at radius 2 is 1.76 bits per heavy atom. The minimum absolute atomic E-state index is 0.222. The van der Waals surface area contributed by atoms with Gasteiger partial charge in [0, 0.05) is 49.4 Å². The highest BCUT2D eigenvalue weighted by Crippen LogP contribution is 2.39. The number of hydrogen-bond donors (Lipinski definition) is 2.